The molecule has 0 aromatic heterocycles. The number of rotatable bonds is 6. The lowest BCUT2D eigenvalue weighted by Gasteiger charge is -2.34. The quantitative estimate of drug-likeness (QED) is 0.691. The molecule has 1 saturated heterocycles. The van der Waals surface area contributed by atoms with Gasteiger partial charge in [-0.3, -0.25) is 4.79 Å². The molecule has 0 aliphatic carbocycles. The van der Waals surface area contributed by atoms with Crippen LogP contribution in [-0.4, -0.2) is 61.2 Å². The summed E-state index contributed by atoms with van der Waals surface area (Å²) in [6, 6.07) is 7.64. The first kappa shape index (κ1) is 18.6. The first-order valence-corrected chi connectivity index (χ1v) is 8.97. The van der Waals surface area contributed by atoms with Crippen molar-refractivity contribution < 1.29 is 19.1 Å². The van der Waals surface area contributed by atoms with Gasteiger partial charge in [-0.05, 0) is 31.5 Å². The molecule has 1 aromatic carbocycles. The van der Waals surface area contributed by atoms with Crippen molar-refractivity contribution in [1.29, 1.82) is 0 Å². The standard InChI is InChI=1S/C17H23BrN2O4/c1-2-23-17(22)20-10-8-19(9-11-20)16(21)7-4-12-24-15-6-3-5-14(18)13-15/h3,5-6,13H,2,4,7-12H2,1H3. The van der Waals surface area contributed by atoms with Crippen LogP contribution in [0.2, 0.25) is 0 Å². The van der Waals surface area contributed by atoms with Gasteiger partial charge in [-0.15, -0.1) is 0 Å². The lowest BCUT2D eigenvalue weighted by Crippen LogP contribution is -2.50. The summed E-state index contributed by atoms with van der Waals surface area (Å²) in [5, 5.41) is 0. The number of piperazine rings is 1. The minimum Gasteiger partial charge on any atom is -0.494 e. The van der Waals surface area contributed by atoms with Gasteiger partial charge in [-0.1, -0.05) is 22.0 Å². The molecule has 1 fully saturated rings. The molecule has 0 saturated carbocycles. The first-order valence-electron chi connectivity index (χ1n) is 8.18. The van der Waals surface area contributed by atoms with Crippen LogP contribution in [0.4, 0.5) is 4.79 Å². The third-order valence-corrected chi connectivity index (χ3v) is 4.25. The van der Waals surface area contributed by atoms with E-state index in [0.29, 0.717) is 52.2 Å². The SMILES string of the molecule is CCOC(=O)N1CCN(C(=O)CCCOc2cccc(Br)c2)CC1. The molecule has 2 rings (SSSR count). The molecule has 0 spiro atoms. The summed E-state index contributed by atoms with van der Waals surface area (Å²) in [6.45, 7) is 4.83. The number of halogens is 1. The Morgan fingerprint density at radius 2 is 1.88 bits per heavy atom. The Morgan fingerprint density at radius 1 is 1.17 bits per heavy atom. The van der Waals surface area contributed by atoms with Crippen LogP contribution >= 0.6 is 15.9 Å². The summed E-state index contributed by atoms with van der Waals surface area (Å²) >= 11 is 3.39. The molecule has 0 atom stereocenters. The zero-order chi connectivity index (χ0) is 17.4. The molecule has 1 aliphatic heterocycles. The van der Waals surface area contributed by atoms with Crippen molar-refractivity contribution in [3.63, 3.8) is 0 Å². The van der Waals surface area contributed by atoms with Gasteiger partial charge >= 0.3 is 6.09 Å². The fourth-order valence-electron chi connectivity index (χ4n) is 2.48. The highest BCUT2D eigenvalue weighted by molar-refractivity contribution is 9.10. The summed E-state index contributed by atoms with van der Waals surface area (Å²) in [5.41, 5.74) is 0. The molecular formula is C17H23BrN2O4. The van der Waals surface area contributed by atoms with Crippen molar-refractivity contribution >= 4 is 27.9 Å². The highest BCUT2D eigenvalue weighted by Crippen LogP contribution is 2.18. The molecule has 0 radical (unpaired) electrons. The third kappa shape index (κ3) is 5.70. The number of benzene rings is 1. The highest BCUT2D eigenvalue weighted by atomic mass is 79.9. The second-order valence-corrected chi connectivity index (χ2v) is 6.39. The molecule has 0 N–H and O–H groups in total. The van der Waals surface area contributed by atoms with E-state index in [0.717, 1.165) is 10.2 Å². The van der Waals surface area contributed by atoms with Gasteiger partial charge in [0.05, 0.1) is 13.2 Å². The van der Waals surface area contributed by atoms with Gasteiger partial charge in [-0.2, -0.15) is 0 Å². The maximum absolute atomic E-state index is 12.2. The monoisotopic (exact) mass is 398 g/mol. The van der Waals surface area contributed by atoms with Gasteiger partial charge in [0.2, 0.25) is 5.91 Å². The first-order chi connectivity index (χ1) is 11.6. The lowest BCUT2D eigenvalue weighted by molar-refractivity contribution is -0.133. The second kappa shape index (κ2) is 9.52. The Labute approximate surface area is 150 Å². The van der Waals surface area contributed by atoms with Crippen molar-refractivity contribution in [3.8, 4) is 5.75 Å². The molecule has 1 aromatic rings. The predicted molar refractivity (Wildman–Crippen MR) is 94.0 cm³/mol. The minimum atomic E-state index is -0.299. The normalized spacial score (nSPS) is 14.4. The number of hydrogen-bond donors (Lipinski definition) is 0. The number of ether oxygens (including phenoxy) is 2. The summed E-state index contributed by atoms with van der Waals surface area (Å²) in [6.07, 6.45) is 0.823. The van der Waals surface area contributed by atoms with Gasteiger partial charge in [0.1, 0.15) is 5.75 Å². The Bertz CT molecular complexity index is 559. The molecule has 0 unspecified atom stereocenters. The maximum atomic E-state index is 12.2. The number of amides is 2. The number of hydrogen-bond acceptors (Lipinski definition) is 4. The lowest BCUT2D eigenvalue weighted by atomic mass is 10.2. The van der Waals surface area contributed by atoms with Crippen molar-refractivity contribution in [3.05, 3.63) is 28.7 Å². The van der Waals surface area contributed by atoms with Crippen molar-refractivity contribution in [1.82, 2.24) is 9.80 Å². The van der Waals surface area contributed by atoms with Crippen LogP contribution in [0.3, 0.4) is 0 Å². The molecule has 6 nitrogen and oxygen atoms in total. The molecule has 132 valence electrons. The summed E-state index contributed by atoms with van der Waals surface area (Å²) in [4.78, 5) is 27.3. The predicted octanol–water partition coefficient (Wildman–Crippen LogP) is 2.91. The van der Waals surface area contributed by atoms with Gasteiger partial charge in [0.25, 0.3) is 0 Å². The van der Waals surface area contributed by atoms with Gasteiger partial charge in [-0.25, -0.2) is 4.79 Å². The zero-order valence-electron chi connectivity index (χ0n) is 13.9. The summed E-state index contributed by atoms with van der Waals surface area (Å²) in [7, 11) is 0. The van der Waals surface area contributed by atoms with Gasteiger partial charge in [0.15, 0.2) is 0 Å². The topological polar surface area (TPSA) is 59.1 Å². The molecule has 7 heteroatoms. The number of nitrogens with zero attached hydrogens (tertiary/aromatic N) is 2. The molecule has 24 heavy (non-hydrogen) atoms. The minimum absolute atomic E-state index is 0.108. The van der Waals surface area contributed by atoms with Crippen LogP contribution in [0, 0.1) is 0 Å². The van der Waals surface area contributed by atoms with Crippen molar-refractivity contribution in [2.24, 2.45) is 0 Å². The van der Waals surface area contributed by atoms with E-state index in [2.05, 4.69) is 15.9 Å². The molecule has 2 amide bonds. The van der Waals surface area contributed by atoms with Crippen molar-refractivity contribution in [2.75, 3.05) is 39.4 Å². The Morgan fingerprint density at radius 3 is 2.54 bits per heavy atom. The third-order valence-electron chi connectivity index (χ3n) is 3.76. The average Bonchev–Trinajstić information content (AvgIpc) is 2.59. The van der Waals surface area contributed by atoms with E-state index in [9.17, 15) is 9.59 Å². The second-order valence-electron chi connectivity index (χ2n) is 5.48. The van der Waals surface area contributed by atoms with E-state index in [1.54, 1.807) is 16.7 Å². The van der Waals surface area contributed by atoms with Crippen molar-refractivity contribution in [2.45, 2.75) is 19.8 Å². The Kier molecular flexibility index (Phi) is 7.36. The maximum Gasteiger partial charge on any atom is 0.409 e. The van der Waals surface area contributed by atoms with E-state index in [-0.39, 0.29) is 12.0 Å². The van der Waals surface area contributed by atoms with E-state index >= 15 is 0 Å². The van der Waals surface area contributed by atoms with E-state index in [4.69, 9.17) is 9.47 Å². The highest BCUT2D eigenvalue weighted by Gasteiger charge is 2.24. The van der Waals surface area contributed by atoms with Gasteiger partial charge in [0, 0.05) is 37.1 Å². The fourth-order valence-corrected chi connectivity index (χ4v) is 2.86. The molecule has 0 bridgehead atoms. The summed E-state index contributed by atoms with van der Waals surface area (Å²) < 4.78 is 11.6. The smallest absolute Gasteiger partial charge is 0.409 e. The van der Waals surface area contributed by atoms with Crippen LogP contribution in [0.1, 0.15) is 19.8 Å². The van der Waals surface area contributed by atoms with E-state index < -0.39 is 0 Å². The Balaban J connectivity index is 1.64. The summed E-state index contributed by atoms with van der Waals surface area (Å²) in [5.74, 6) is 0.899. The van der Waals surface area contributed by atoms with Gasteiger partial charge < -0.3 is 19.3 Å². The average molecular weight is 399 g/mol. The molecular weight excluding hydrogens is 376 g/mol. The molecule has 1 aliphatic rings. The van der Waals surface area contributed by atoms with Crippen LogP contribution < -0.4 is 4.74 Å². The molecule has 1 heterocycles. The van der Waals surface area contributed by atoms with E-state index in [1.807, 2.05) is 24.3 Å². The fraction of sp³-hybridized carbons (Fsp3) is 0.529. The number of carbonyl (C=O) groups excluding carboxylic acids is 2. The zero-order valence-corrected chi connectivity index (χ0v) is 15.5. The Hall–Kier alpha value is -1.76. The largest absolute Gasteiger partial charge is 0.494 e. The van der Waals surface area contributed by atoms with Crippen LogP contribution in [0.25, 0.3) is 0 Å². The van der Waals surface area contributed by atoms with Crippen LogP contribution in [-0.2, 0) is 9.53 Å². The van der Waals surface area contributed by atoms with Crippen LogP contribution in [0.15, 0.2) is 28.7 Å². The van der Waals surface area contributed by atoms with E-state index in [1.165, 1.54) is 0 Å². The number of carbonyl (C=O) groups is 2. The van der Waals surface area contributed by atoms with Crippen LogP contribution in [0.5, 0.6) is 5.75 Å².